The molecule has 1 rings (SSSR count). The molecule has 0 aliphatic heterocycles. The second-order valence-electron chi connectivity index (χ2n) is 2.71. The minimum absolute atomic E-state index is 0.519. The first kappa shape index (κ1) is 11.4. The van der Waals surface area contributed by atoms with Crippen LogP contribution in [0.15, 0.2) is 23.1 Å². The van der Waals surface area contributed by atoms with E-state index in [9.17, 15) is 17.2 Å². The van der Waals surface area contributed by atoms with Gasteiger partial charge >= 0.3 is 0 Å². The summed E-state index contributed by atoms with van der Waals surface area (Å²) in [6.45, 7) is 1.05. The van der Waals surface area contributed by atoms with Crippen LogP contribution in [-0.2, 0) is 9.05 Å². The normalized spacial score (nSPS) is 14.0. The Bertz CT molecular complexity index is 443. The molecular weight excluding hydrogens is 234 g/mol. The smallest absolute Gasteiger partial charge is 0.242 e. The molecule has 1 aromatic rings. The maximum atomic E-state index is 13.1. The van der Waals surface area contributed by atoms with Gasteiger partial charge < -0.3 is 0 Å². The summed E-state index contributed by atoms with van der Waals surface area (Å²) in [5, 5.41) is 0. The van der Waals surface area contributed by atoms with Crippen molar-refractivity contribution in [1.29, 1.82) is 0 Å². The Balaban J connectivity index is 3.52. The van der Waals surface area contributed by atoms with E-state index in [-0.39, 0.29) is 0 Å². The predicted molar refractivity (Wildman–Crippen MR) is 49.0 cm³/mol. The summed E-state index contributed by atoms with van der Waals surface area (Å²) in [6.07, 6.45) is -1.72. The summed E-state index contributed by atoms with van der Waals surface area (Å²) in [4.78, 5) is -0.519. The highest BCUT2D eigenvalue weighted by atomic mass is 35.7. The number of hydrogen-bond donors (Lipinski definition) is 0. The van der Waals surface area contributed by atoms with E-state index < -0.39 is 31.5 Å². The van der Waals surface area contributed by atoms with Gasteiger partial charge in [0.1, 0.15) is 12.0 Å². The zero-order valence-corrected chi connectivity index (χ0v) is 8.74. The SMILES string of the molecule is CC(F)c1c(F)cccc1S(=O)(=O)Cl. The van der Waals surface area contributed by atoms with Gasteiger partial charge in [-0.05, 0) is 19.1 Å². The van der Waals surface area contributed by atoms with Gasteiger partial charge in [0.2, 0.25) is 0 Å². The average Bonchev–Trinajstić information content (AvgIpc) is 2.01. The van der Waals surface area contributed by atoms with Gasteiger partial charge in [-0.1, -0.05) is 6.07 Å². The van der Waals surface area contributed by atoms with Crippen molar-refractivity contribution in [2.45, 2.75) is 18.0 Å². The zero-order valence-electron chi connectivity index (χ0n) is 7.17. The summed E-state index contributed by atoms with van der Waals surface area (Å²) < 4.78 is 47.9. The Kier molecular flexibility index (Phi) is 3.11. The third kappa shape index (κ3) is 2.22. The highest BCUT2D eigenvalue weighted by Crippen LogP contribution is 2.29. The number of halogens is 3. The van der Waals surface area contributed by atoms with Gasteiger partial charge in [0, 0.05) is 16.2 Å². The van der Waals surface area contributed by atoms with Crippen LogP contribution in [-0.4, -0.2) is 8.42 Å². The monoisotopic (exact) mass is 240 g/mol. The molecule has 0 bridgehead atoms. The average molecular weight is 241 g/mol. The Hall–Kier alpha value is -0.680. The molecule has 0 fully saturated rings. The van der Waals surface area contributed by atoms with Crippen LogP contribution in [0, 0.1) is 5.82 Å². The lowest BCUT2D eigenvalue weighted by molar-refractivity contribution is 0.355. The summed E-state index contributed by atoms with van der Waals surface area (Å²) in [7, 11) is 0.910. The van der Waals surface area contributed by atoms with Gasteiger partial charge in [-0.25, -0.2) is 17.2 Å². The van der Waals surface area contributed by atoms with Crippen LogP contribution in [0.4, 0.5) is 8.78 Å². The van der Waals surface area contributed by atoms with Crippen LogP contribution >= 0.6 is 10.7 Å². The van der Waals surface area contributed by atoms with Gasteiger partial charge in [0.15, 0.2) is 0 Å². The summed E-state index contributed by atoms with van der Waals surface area (Å²) in [5.74, 6) is -0.915. The van der Waals surface area contributed by atoms with Gasteiger partial charge in [0.05, 0.1) is 4.90 Å². The highest BCUT2D eigenvalue weighted by molar-refractivity contribution is 8.13. The van der Waals surface area contributed by atoms with E-state index >= 15 is 0 Å². The number of hydrogen-bond acceptors (Lipinski definition) is 2. The van der Waals surface area contributed by atoms with Crippen molar-refractivity contribution in [2.75, 3.05) is 0 Å². The summed E-state index contributed by atoms with van der Waals surface area (Å²) in [6, 6.07) is 3.21. The second kappa shape index (κ2) is 3.82. The fourth-order valence-electron chi connectivity index (χ4n) is 1.12. The van der Waals surface area contributed by atoms with Crippen molar-refractivity contribution in [3.63, 3.8) is 0 Å². The van der Waals surface area contributed by atoms with E-state index in [1.54, 1.807) is 0 Å². The molecule has 0 aliphatic carbocycles. The Morgan fingerprint density at radius 3 is 2.36 bits per heavy atom. The third-order valence-electron chi connectivity index (χ3n) is 1.67. The molecule has 0 heterocycles. The van der Waals surface area contributed by atoms with Crippen LogP contribution < -0.4 is 0 Å². The molecule has 0 spiro atoms. The van der Waals surface area contributed by atoms with Gasteiger partial charge in [-0.15, -0.1) is 0 Å². The molecule has 6 heteroatoms. The van der Waals surface area contributed by atoms with Crippen LogP contribution in [0.3, 0.4) is 0 Å². The largest absolute Gasteiger partial charge is 0.261 e. The van der Waals surface area contributed by atoms with Crippen molar-refractivity contribution in [3.05, 3.63) is 29.6 Å². The highest BCUT2D eigenvalue weighted by Gasteiger charge is 2.22. The fourth-order valence-corrected chi connectivity index (χ4v) is 2.28. The molecule has 14 heavy (non-hydrogen) atoms. The van der Waals surface area contributed by atoms with E-state index in [1.165, 1.54) is 0 Å². The number of rotatable bonds is 2. The molecule has 0 amide bonds. The van der Waals surface area contributed by atoms with Gasteiger partial charge in [0.25, 0.3) is 9.05 Å². The topological polar surface area (TPSA) is 34.1 Å². The van der Waals surface area contributed by atoms with Crippen LogP contribution in [0.2, 0.25) is 0 Å². The van der Waals surface area contributed by atoms with Crippen molar-refractivity contribution in [1.82, 2.24) is 0 Å². The summed E-state index contributed by atoms with van der Waals surface area (Å²) >= 11 is 0. The first-order chi connectivity index (χ1) is 6.34. The van der Waals surface area contributed by atoms with E-state index in [2.05, 4.69) is 0 Å². The first-order valence-corrected chi connectivity index (χ1v) is 6.02. The van der Waals surface area contributed by atoms with Crippen LogP contribution in [0.25, 0.3) is 0 Å². The molecule has 0 aliphatic rings. The molecule has 0 saturated carbocycles. The number of alkyl halides is 1. The predicted octanol–water partition coefficient (Wildman–Crippen LogP) is 2.78. The van der Waals surface area contributed by atoms with E-state index in [1.807, 2.05) is 0 Å². The van der Waals surface area contributed by atoms with E-state index in [4.69, 9.17) is 10.7 Å². The standard InChI is InChI=1S/C8H7ClF2O2S/c1-5(10)8-6(11)3-2-4-7(8)14(9,12)13/h2-5H,1H3. The minimum Gasteiger partial charge on any atom is -0.242 e. The molecule has 0 N–H and O–H groups in total. The van der Waals surface area contributed by atoms with Gasteiger partial charge in [-0.2, -0.15) is 0 Å². The Labute approximate surface area is 84.9 Å². The molecule has 1 atom stereocenters. The lowest BCUT2D eigenvalue weighted by atomic mass is 10.1. The molecule has 1 unspecified atom stereocenters. The van der Waals surface area contributed by atoms with Crippen LogP contribution in [0.1, 0.15) is 18.7 Å². The maximum Gasteiger partial charge on any atom is 0.261 e. The van der Waals surface area contributed by atoms with Gasteiger partial charge in [-0.3, -0.25) is 0 Å². The molecule has 2 nitrogen and oxygen atoms in total. The molecule has 78 valence electrons. The second-order valence-corrected chi connectivity index (χ2v) is 5.24. The lowest BCUT2D eigenvalue weighted by Crippen LogP contribution is -2.02. The Morgan fingerprint density at radius 2 is 2.00 bits per heavy atom. The van der Waals surface area contributed by atoms with Crippen molar-refractivity contribution in [2.24, 2.45) is 0 Å². The van der Waals surface area contributed by atoms with Crippen LogP contribution in [0.5, 0.6) is 0 Å². The molecule has 0 saturated heterocycles. The summed E-state index contributed by atoms with van der Waals surface area (Å²) in [5.41, 5.74) is -0.525. The first-order valence-electron chi connectivity index (χ1n) is 3.71. The van der Waals surface area contributed by atoms with Crippen molar-refractivity contribution < 1.29 is 17.2 Å². The lowest BCUT2D eigenvalue weighted by Gasteiger charge is -2.08. The third-order valence-corrected chi connectivity index (χ3v) is 3.05. The molecule has 1 aromatic carbocycles. The van der Waals surface area contributed by atoms with Crippen molar-refractivity contribution >= 4 is 19.7 Å². The minimum atomic E-state index is -4.11. The number of benzene rings is 1. The van der Waals surface area contributed by atoms with E-state index in [0.717, 1.165) is 25.1 Å². The molecule has 0 radical (unpaired) electrons. The fraction of sp³-hybridized carbons (Fsp3) is 0.250. The maximum absolute atomic E-state index is 13.1. The Morgan fingerprint density at radius 1 is 1.43 bits per heavy atom. The zero-order chi connectivity index (χ0) is 10.9. The van der Waals surface area contributed by atoms with E-state index in [0.29, 0.717) is 0 Å². The quantitative estimate of drug-likeness (QED) is 0.745. The van der Waals surface area contributed by atoms with Crippen molar-refractivity contribution in [3.8, 4) is 0 Å². The molecule has 0 aromatic heterocycles. The molecular formula is C8H7ClF2O2S.